The second-order valence-electron chi connectivity index (χ2n) is 4.61. The fourth-order valence-electron chi connectivity index (χ4n) is 2.14. The molecule has 0 aliphatic rings. The highest BCUT2D eigenvalue weighted by molar-refractivity contribution is 5.55. The summed E-state index contributed by atoms with van der Waals surface area (Å²) >= 11 is 0. The lowest BCUT2D eigenvalue weighted by atomic mass is 10.3. The van der Waals surface area contributed by atoms with Gasteiger partial charge in [0.25, 0.3) is 0 Å². The van der Waals surface area contributed by atoms with Crippen LogP contribution in [0.25, 0.3) is 5.65 Å². The molecule has 0 fully saturated rings. The summed E-state index contributed by atoms with van der Waals surface area (Å²) in [5, 5.41) is 13.9. The molecule has 7 nitrogen and oxygen atoms in total. The third-order valence-corrected chi connectivity index (χ3v) is 3.17. The first-order valence-corrected chi connectivity index (χ1v) is 6.42. The lowest BCUT2D eigenvalue weighted by Gasteiger charge is -2.03. The quantitative estimate of drug-likeness (QED) is 0.587. The normalized spacial score (nSPS) is 10.7. The molecule has 0 bridgehead atoms. The number of hydrogen-bond acceptors (Lipinski definition) is 5. The smallest absolute Gasteiger partial charge is 0.311 e. The van der Waals surface area contributed by atoms with Gasteiger partial charge in [0, 0.05) is 24.2 Å². The Labute approximate surface area is 120 Å². The maximum absolute atomic E-state index is 10.9. The topological polar surface area (TPSA) is 85.4 Å². The Morgan fingerprint density at radius 2 is 2.19 bits per heavy atom. The van der Waals surface area contributed by atoms with Crippen LogP contribution in [0, 0.1) is 17.0 Å². The van der Waals surface area contributed by atoms with Crippen LogP contribution in [-0.4, -0.2) is 19.3 Å². The van der Waals surface area contributed by atoms with Crippen LogP contribution < -0.4 is 5.32 Å². The molecule has 3 aromatic heterocycles. The maximum Gasteiger partial charge on any atom is 0.311 e. The van der Waals surface area contributed by atoms with Gasteiger partial charge in [-0.15, -0.1) is 0 Å². The molecular weight excluding hydrogens is 270 g/mol. The van der Waals surface area contributed by atoms with Gasteiger partial charge in [0.1, 0.15) is 5.65 Å². The minimum atomic E-state index is -0.455. The molecule has 7 heteroatoms. The molecule has 0 saturated heterocycles. The molecule has 0 amide bonds. The predicted octanol–water partition coefficient (Wildman–Crippen LogP) is 2.56. The van der Waals surface area contributed by atoms with Gasteiger partial charge in [0.2, 0.25) is 5.82 Å². The summed E-state index contributed by atoms with van der Waals surface area (Å²) in [7, 11) is 0. The van der Waals surface area contributed by atoms with Crippen LogP contribution in [0.4, 0.5) is 11.5 Å². The van der Waals surface area contributed by atoms with Crippen molar-refractivity contribution in [3.05, 3.63) is 64.2 Å². The SMILES string of the molecule is Cc1cccc2nc(CNc3ncccc3[N+](=O)[O-])cn12. The number of nitrogens with zero attached hydrogens (tertiary/aromatic N) is 4. The number of pyridine rings is 2. The third-order valence-electron chi connectivity index (χ3n) is 3.17. The van der Waals surface area contributed by atoms with Crippen molar-refractivity contribution in [2.24, 2.45) is 0 Å². The summed E-state index contributed by atoms with van der Waals surface area (Å²) in [5.41, 5.74) is 2.68. The molecule has 0 aliphatic heterocycles. The van der Waals surface area contributed by atoms with E-state index in [-0.39, 0.29) is 11.5 Å². The Balaban J connectivity index is 1.84. The van der Waals surface area contributed by atoms with Gasteiger partial charge in [-0.1, -0.05) is 6.07 Å². The standard InChI is InChI=1S/C14H13N5O2/c1-10-4-2-6-13-17-11(9-18(10)13)8-16-14-12(19(20)21)5-3-7-15-14/h2-7,9H,8H2,1H3,(H,15,16). The number of fused-ring (bicyclic) bond motifs is 1. The van der Waals surface area contributed by atoms with Crippen molar-refractivity contribution in [2.75, 3.05) is 5.32 Å². The van der Waals surface area contributed by atoms with Crippen LogP contribution in [0.15, 0.2) is 42.7 Å². The van der Waals surface area contributed by atoms with Crippen LogP contribution in [0.1, 0.15) is 11.4 Å². The van der Waals surface area contributed by atoms with E-state index in [0.717, 1.165) is 17.0 Å². The van der Waals surface area contributed by atoms with Crippen molar-refractivity contribution < 1.29 is 4.92 Å². The number of anilines is 1. The molecule has 0 saturated carbocycles. The lowest BCUT2D eigenvalue weighted by molar-refractivity contribution is -0.384. The van der Waals surface area contributed by atoms with Crippen molar-refractivity contribution in [2.45, 2.75) is 13.5 Å². The number of nitrogens with one attached hydrogen (secondary N) is 1. The van der Waals surface area contributed by atoms with Crippen molar-refractivity contribution in [3.63, 3.8) is 0 Å². The monoisotopic (exact) mass is 283 g/mol. The van der Waals surface area contributed by atoms with Crippen LogP contribution in [-0.2, 0) is 6.54 Å². The zero-order chi connectivity index (χ0) is 14.8. The molecule has 0 aromatic carbocycles. The van der Waals surface area contributed by atoms with Gasteiger partial charge in [0.15, 0.2) is 0 Å². The largest absolute Gasteiger partial charge is 0.359 e. The van der Waals surface area contributed by atoms with Gasteiger partial charge < -0.3 is 9.72 Å². The molecule has 21 heavy (non-hydrogen) atoms. The van der Waals surface area contributed by atoms with Crippen LogP contribution in [0.5, 0.6) is 0 Å². The minimum absolute atomic E-state index is 0.0440. The van der Waals surface area contributed by atoms with Gasteiger partial charge in [-0.3, -0.25) is 10.1 Å². The number of rotatable bonds is 4. The van der Waals surface area contributed by atoms with Crippen LogP contribution >= 0.6 is 0 Å². The number of imidazole rings is 1. The zero-order valence-electron chi connectivity index (χ0n) is 11.4. The molecule has 0 unspecified atom stereocenters. The summed E-state index contributed by atoms with van der Waals surface area (Å²) in [6.45, 7) is 2.37. The molecule has 3 rings (SSSR count). The van der Waals surface area contributed by atoms with E-state index in [4.69, 9.17) is 0 Å². The number of nitro groups is 1. The average Bonchev–Trinajstić information content (AvgIpc) is 2.90. The molecule has 1 N–H and O–H groups in total. The Morgan fingerprint density at radius 3 is 2.95 bits per heavy atom. The van der Waals surface area contributed by atoms with Crippen molar-refractivity contribution in [1.29, 1.82) is 0 Å². The molecule has 106 valence electrons. The highest BCUT2D eigenvalue weighted by atomic mass is 16.6. The first-order chi connectivity index (χ1) is 10.1. The van der Waals surface area contributed by atoms with Gasteiger partial charge in [0.05, 0.1) is 17.2 Å². The Morgan fingerprint density at radius 1 is 1.33 bits per heavy atom. The lowest BCUT2D eigenvalue weighted by Crippen LogP contribution is -2.04. The Kier molecular flexibility index (Phi) is 3.23. The van der Waals surface area contributed by atoms with E-state index in [9.17, 15) is 10.1 Å². The van der Waals surface area contributed by atoms with Crippen molar-refractivity contribution in [1.82, 2.24) is 14.4 Å². The summed E-state index contributed by atoms with van der Waals surface area (Å²) in [4.78, 5) is 18.9. The highest BCUT2D eigenvalue weighted by Crippen LogP contribution is 2.21. The average molecular weight is 283 g/mol. The van der Waals surface area contributed by atoms with Gasteiger partial charge >= 0.3 is 5.69 Å². The first kappa shape index (κ1) is 13.0. The molecule has 0 spiro atoms. The fourth-order valence-corrected chi connectivity index (χ4v) is 2.14. The van der Waals surface area contributed by atoms with Gasteiger partial charge in [-0.05, 0) is 25.1 Å². The molecule has 3 aromatic rings. The van der Waals surface area contributed by atoms with E-state index in [1.807, 2.05) is 35.7 Å². The van der Waals surface area contributed by atoms with Gasteiger partial charge in [-0.2, -0.15) is 0 Å². The highest BCUT2D eigenvalue weighted by Gasteiger charge is 2.14. The van der Waals surface area contributed by atoms with E-state index in [0.29, 0.717) is 6.54 Å². The summed E-state index contributed by atoms with van der Waals surface area (Å²) < 4.78 is 1.98. The van der Waals surface area contributed by atoms with Gasteiger partial charge in [-0.25, -0.2) is 9.97 Å². The third kappa shape index (κ3) is 2.53. The molecular formula is C14H13N5O2. The Bertz CT molecular complexity index is 812. The van der Waals surface area contributed by atoms with E-state index in [1.165, 1.54) is 18.3 Å². The molecule has 0 radical (unpaired) electrons. The summed E-state index contributed by atoms with van der Waals surface area (Å²) in [5.74, 6) is 0.247. The number of aryl methyl sites for hydroxylation is 1. The van der Waals surface area contributed by atoms with E-state index >= 15 is 0 Å². The Hall–Kier alpha value is -2.96. The minimum Gasteiger partial charge on any atom is -0.359 e. The summed E-state index contributed by atoms with van der Waals surface area (Å²) in [6, 6.07) is 8.81. The van der Waals surface area contributed by atoms with E-state index in [1.54, 1.807) is 0 Å². The van der Waals surface area contributed by atoms with Crippen LogP contribution in [0.2, 0.25) is 0 Å². The predicted molar refractivity (Wildman–Crippen MR) is 78.1 cm³/mol. The molecule has 0 atom stereocenters. The zero-order valence-corrected chi connectivity index (χ0v) is 11.4. The second-order valence-corrected chi connectivity index (χ2v) is 4.61. The van der Waals surface area contributed by atoms with E-state index in [2.05, 4.69) is 15.3 Å². The first-order valence-electron chi connectivity index (χ1n) is 6.42. The molecule has 0 aliphatic carbocycles. The van der Waals surface area contributed by atoms with Crippen molar-refractivity contribution in [3.8, 4) is 0 Å². The van der Waals surface area contributed by atoms with Crippen molar-refractivity contribution >= 4 is 17.2 Å². The molecule has 3 heterocycles. The fraction of sp³-hybridized carbons (Fsp3) is 0.143. The second kappa shape index (κ2) is 5.20. The number of aromatic nitrogens is 3. The summed E-state index contributed by atoms with van der Waals surface area (Å²) in [6.07, 6.45) is 3.43. The maximum atomic E-state index is 10.9. The number of hydrogen-bond donors (Lipinski definition) is 1. The van der Waals surface area contributed by atoms with E-state index < -0.39 is 4.92 Å². The van der Waals surface area contributed by atoms with Crippen LogP contribution in [0.3, 0.4) is 0 Å².